The Kier molecular flexibility index (Phi) is 7.62. The summed E-state index contributed by atoms with van der Waals surface area (Å²) in [7, 11) is -0.666. The number of sulfonamides is 1. The number of anilines is 1. The number of hydrogen-bond acceptors (Lipinski definition) is 6. The number of carbonyl (C=O) groups is 1. The van der Waals surface area contributed by atoms with Gasteiger partial charge in [-0.2, -0.15) is 0 Å². The molecule has 3 aromatic carbocycles. The van der Waals surface area contributed by atoms with Gasteiger partial charge in [0.15, 0.2) is 0 Å². The van der Waals surface area contributed by atoms with E-state index in [-0.39, 0.29) is 4.90 Å². The third-order valence-electron chi connectivity index (χ3n) is 4.58. The lowest BCUT2D eigenvalue weighted by molar-refractivity contribution is 0.0942. The fraction of sp³-hybridized carbons (Fsp3) is 0.0870. The predicted octanol–water partition coefficient (Wildman–Crippen LogP) is 4.17. The van der Waals surface area contributed by atoms with Crippen molar-refractivity contribution in [3.05, 3.63) is 88.9 Å². The third-order valence-corrected chi connectivity index (χ3v) is 6.51. The molecular formula is C23H22BrN3O5S. The number of rotatable bonds is 9. The lowest BCUT2D eigenvalue weighted by Crippen LogP contribution is -2.35. The molecule has 10 heteroatoms. The van der Waals surface area contributed by atoms with Gasteiger partial charge in [0.1, 0.15) is 11.5 Å². The normalized spacial score (nSPS) is 10.8. The lowest BCUT2D eigenvalue weighted by atomic mass is 10.1. The first kappa shape index (κ1) is 24.1. The minimum Gasteiger partial charge on any atom is -0.497 e. The Labute approximate surface area is 200 Å². The number of halogens is 1. The number of hydrazine groups is 1. The molecule has 0 spiro atoms. The first-order valence-corrected chi connectivity index (χ1v) is 11.9. The van der Waals surface area contributed by atoms with Crippen molar-refractivity contribution >= 4 is 43.2 Å². The molecule has 0 aliphatic rings. The van der Waals surface area contributed by atoms with E-state index in [1.54, 1.807) is 37.4 Å². The molecule has 33 heavy (non-hydrogen) atoms. The molecule has 0 unspecified atom stereocenters. The summed E-state index contributed by atoms with van der Waals surface area (Å²) in [5.74, 6) is 0.742. The fourth-order valence-electron chi connectivity index (χ4n) is 2.84. The van der Waals surface area contributed by atoms with Crippen molar-refractivity contribution in [1.82, 2.24) is 10.9 Å². The summed E-state index contributed by atoms with van der Waals surface area (Å²) in [5, 5.41) is 0. The molecule has 0 radical (unpaired) electrons. The molecule has 0 aliphatic carbocycles. The fourth-order valence-corrected chi connectivity index (χ4v) is 4.16. The molecular weight excluding hydrogens is 510 g/mol. The number of benzene rings is 3. The van der Waals surface area contributed by atoms with Crippen molar-refractivity contribution in [1.29, 1.82) is 0 Å². The number of amides is 1. The maximum absolute atomic E-state index is 12.5. The molecule has 172 valence electrons. The van der Waals surface area contributed by atoms with Crippen LogP contribution in [0, 0.1) is 0 Å². The molecule has 0 fully saturated rings. The summed E-state index contributed by atoms with van der Waals surface area (Å²) in [6.45, 7) is 3.92. The van der Waals surface area contributed by atoms with Gasteiger partial charge in [-0.15, -0.1) is 0 Å². The van der Waals surface area contributed by atoms with Crippen LogP contribution in [-0.4, -0.2) is 28.5 Å². The van der Waals surface area contributed by atoms with Gasteiger partial charge in [0.05, 0.1) is 24.8 Å². The average molecular weight is 532 g/mol. The number of hydrogen-bond donors (Lipinski definition) is 3. The van der Waals surface area contributed by atoms with E-state index in [0.717, 1.165) is 4.47 Å². The summed E-state index contributed by atoms with van der Waals surface area (Å²) < 4.78 is 38.8. The molecule has 3 N–H and O–H groups in total. The summed E-state index contributed by atoms with van der Waals surface area (Å²) in [6, 6.07) is 17.5. The molecule has 0 heterocycles. The first-order chi connectivity index (χ1) is 15.7. The van der Waals surface area contributed by atoms with Crippen molar-refractivity contribution in [3.8, 4) is 11.5 Å². The highest BCUT2D eigenvalue weighted by Crippen LogP contribution is 2.28. The second kappa shape index (κ2) is 10.4. The van der Waals surface area contributed by atoms with Gasteiger partial charge < -0.3 is 9.47 Å². The summed E-state index contributed by atoms with van der Waals surface area (Å²) in [6.07, 6.45) is 0. The number of nitrogens with one attached hydrogen (secondary N) is 3. The van der Waals surface area contributed by atoms with E-state index in [1.807, 2.05) is 0 Å². The van der Waals surface area contributed by atoms with Crippen molar-refractivity contribution in [2.24, 2.45) is 0 Å². The lowest BCUT2D eigenvalue weighted by Gasteiger charge is -2.15. The minimum atomic E-state index is -3.75. The highest BCUT2D eigenvalue weighted by Gasteiger charge is 2.15. The largest absolute Gasteiger partial charge is 0.497 e. The SMILES string of the molecule is C=C(NNC(=O)c1ccc(NS(=O)(=O)c2ccc(Br)cc2)cc1)c1cc(OC)ccc1OC. The monoisotopic (exact) mass is 531 g/mol. The highest BCUT2D eigenvalue weighted by molar-refractivity contribution is 9.10. The molecule has 0 aliphatic heterocycles. The van der Waals surface area contributed by atoms with Crippen LogP contribution in [0.3, 0.4) is 0 Å². The first-order valence-electron chi connectivity index (χ1n) is 9.59. The van der Waals surface area contributed by atoms with Crippen LogP contribution in [0.1, 0.15) is 15.9 Å². The van der Waals surface area contributed by atoms with E-state index in [2.05, 4.69) is 38.1 Å². The van der Waals surface area contributed by atoms with Gasteiger partial charge in [0.25, 0.3) is 15.9 Å². The highest BCUT2D eigenvalue weighted by atomic mass is 79.9. The molecule has 0 aromatic heterocycles. The van der Waals surface area contributed by atoms with Crippen molar-refractivity contribution in [3.63, 3.8) is 0 Å². The van der Waals surface area contributed by atoms with E-state index in [1.165, 1.54) is 43.5 Å². The number of carbonyl (C=O) groups excluding carboxylic acids is 1. The third kappa shape index (κ3) is 6.05. The van der Waals surface area contributed by atoms with Crippen LogP contribution in [-0.2, 0) is 10.0 Å². The molecule has 0 saturated heterocycles. The zero-order chi connectivity index (χ0) is 24.0. The van der Waals surface area contributed by atoms with Crippen LogP contribution in [0.15, 0.2) is 82.7 Å². The van der Waals surface area contributed by atoms with Crippen molar-refractivity contribution < 1.29 is 22.7 Å². The van der Waals surface area contributed by atoms with E-state index < -0.39 is 15.9 Å². The van der Waals surface area contributed by atoms with E-state index in [4.69, 9.17) is 9.47 Å². The van der Waals surface area contributed by atoms with Gasteiger partial charge >= 0.3 is 0 Å². The number of ether oxygens (including phenoxy) is 2. The molecule has 1 amide bonds. The van der Waals surface area contributed by atoms with Gasteiger partial charge in [-0.1, -0.05) is 22.5 Å². The van der Waals surface area contributed by atoms with Gasteiger partial charge in [-0.3, -0.25) is 20.4 Å². The molecule has 0 bridgehead atoms. The van der Waals surface area contributed by atoms with Gasteiger partial charge in [-0.05, 0) is 66.7 Å². The van der Waals surface area contributed by atoms with Crippen LogP contribution < -0.4 is 25.0 Å². The van der Waals surface area contributed by atoms with Crippen molar-refractivity contribution in [2.75, 3.05) is 18.9 Å². The second-order valence-electron chi connectivity index (χ2n) is 6.76. The molecule has 0 atom stereocenters. The van der Waals surface area contributed by atoms with E-state index in [9.17, 15) is 13.2 Å². The standard InChI is InChI=1S/C23H22BrN3O5S/c1-15(21-14-19(31-2)10-13-22(21)32-3)25-26-23(28)16-4-8-18(9-5-16)27-33(29,30)20-11-6-17(24)7-12-20/h4-14,25,27H,1H2,2-3H3,(H,26,28). The van der Waals surface area contributed by atoms with Crippen LogP contribution in [0.5, 0.6) is 11.5 Å². The van der Waals surface area contributed by atoms with Crippen LogP contribution in [0.25, 0.3) is 5.70 Å². The molecule has 0 saturated carbocycles. The van der Waals surface area contributed by atoms with Crippen molar-refractivity contribution in [2.45, 2.75) is 4.90 Å². The van der Waals surface area contributed by atoms with Gasteiger partial charge in [0.2, 0.25) is 0 Å². The Morgan fingerprint density at radius 3 is 2.18 bits per heavy atom. The maximum atomic E-state index is 12.5. The Bertz CT molecular complexity index is 1260. The smallest absolute Gasteiger partial charge is 0.269 e. The molecule has 8 nitrogen and oxygen atoms in total. The van der Waals surface area contributed by atoms with E-state index >= 15 is 0 Å². The Morgan fingerprint density at radius 2 is 1.58 bits per heavy atom. The topological polar surface area (TPSA) is 106 Å². The second-order valence-corrected chi connectivity index (χ2v) is 9.36. The Balaban J connectivity index is 1.64. The maximum Gasteiger partial charge on any atom is 0.269 e. The predicted molar refractivity (Wildman–Crippen MR) is 131 cm³/mol. The molecule has 3 rings (SSSR count). The molecule has 3 aromatic rings. The average Bonchev–Trinajstić information content (AvgIpc) is 2.82. The minimum absolute atomic E-state index is 0.128. The van der Waals surface area contributed by atoms with Gasteiger partial charge in [0, 0.05) is 21.3 Å². The zero-order valence-corrected chi connectivity index (χ0v) is 20.3. The summed E-state index contributed by atoms with van der Waals surface area (Å²) in [4.78, 5) is 12.6. The van der Waals surface area contributed by atoms with Gasteiger partial charge in [-0.25, -0.2) is 8.42 Å². The summed E-state index contributed by atoms with van der Waals surface area (Å²) >= 11 is 3.27. The summed E-state index contributed by atoms with van der Waals surface area (Å²) in [5.41, 5.74) is 6.98. The Hall–Kier alpha value is -3.50. The zero-order valence-electron chi connectivity index (χ0n) is 17.9. The number of methoxy groups -OCH3 is 2. The van der Waals surface area contributed by atoms with Crippen LogP contribution in [0.4, 0.5) is 5.69 Å². The Morgan fingerprint density at radius 1 is 0.909 bits per heavy atom. The van der Waals surface area contributed by atoms with Crippen LogP contribution in [0.2, 0.25) is 0 Å². The van der Waals surface area contributed by atoms with Crippen LogP contribution >= 0.6 is 15.9 Å². The quantitative estimate of drug-likeness (QED) is 0.358. The van der Waals surface area contributed by atoms with E-state index in [0.29, 0.717) is 34.0 Å².